The molecule has 80 valence electrons. The van der Waals surface area contributed by atoms with Crippen molar-refractivity contribution in [1.82, 2.24) is 0 Å². The Kier molecular flexibility index (Phi) is 4.45. The third-order valence-corrected chi connectivity index (χ3v) is 2.82. The second-order valence-corrected chi connectivity index (χ2v) is 3.81. The first-order chi connectivity index (χ1) is 7.06. The zero-order valence-electron chi connectivity index (χ0n) is 7.76. The van der Waals surface area contributed by atoms with Gasteiger partial charge in [0.2, 0.25) is 0 Å². The van der Waals surface area contributed by atoms with E-state index in [0.29, 0.717) is 20.6 Å². The lowest BCUT2D eigenvalue weighted by Gasteiger charge is -2.03. The SMILES string of the molecule is COC(=O)/C=C/c1c(Cl)ccc(Cl)c1Cl. The van der Waals surface area contributed by atoms with Gasteiger partial charge in [-0.15, -0.1) is 0 Å². The van der Waals surface area contributed by atoms with Crippen molar-refractivity contribution in [3.8, 4) is 0 Å². The van der Waals surface area contributed by atoms with Crippen molar-refractivity contribution in [3.05, 3.63) is 38.8 Å². The van der Waals surface area contributed by atoms with Crippen LogP contribution in [0.4, 0.5) is 0 Å². The molecule has 0 saturated carbocycles. The van der Waals surface area contributed by atoms with Gasteiger partial charge in [-0.2, -0.15) is 0 Å². The maximum absolute atomic E-state index is 10.9. The highest BCUT2D eigenvalue weighted by Crippen LogP contribution is 2.32. The van der Waals surface area contributed by atoms with Gasteiger partial charge in [0.1, 0.15) is 0 Å². The Labute approximate surface area is 102 Å². The number of hydrogen-bond acceptors (Lipinski definition) is 2. The predicted octanol–water partition coefficient (Wildman–Crippen LogP) is 3.83. The zero-order chi connectivity index (χ0) is 11.4. The van der Waals surface area contributed by atoms with Crippen LogP contribution in [0.15, 0.2) is 18.2 Å². The van der Waals surface area contributed by atoms with Crippen molar-refractivity contribution in [1.29, 1.82) is 0 Å². The summed E-state index contributed by atoms with van der Waals surface area (Å²) in [6.45, 7) is 0. The summed E-state index contributed by atoms with van der Waals surface area (Å²) >= 11 is 17.6. The number of halogens is 3. The predicted molar refractivity (Wildman–Crippen MR) is 62.5 cm³/mol. The lowest BCUT2D eigenvalue weighted by molar-refractivity contribution is -0.134. The molecule has 0 fully saturated rings. The molecule has 0 aromatic heterocycles. The van der Waals surface area contributed by atoms with E-state index >= 15 is 0 Å². The second kappa shape index (κ2) is 5.40. The van der Waals surface area contributed by atoms with Crippen molar-refractivity contribution < 1.29 is 9.53 Å². The number of benzene rings is 1. The highest BCUT2D eigenvalue weighted by molar-refractivity contribution is 6.44. The number of esters is 1. The third kappa shape index (κ3) is 3.13. The first-order valence-corrected chi connectivity index (χ1v) is 5.09. The maximum Gasteiger partial charge on any atom is 0.330 e. The Morgan fingerprint density at radius 3 is 2.47 bits per heavy atom. The Morgan fingerprint density at radius 2 is 1.87 bits per heavy atom. The largest absolute Gasteiger partial charge is 0.466 e. The molecular weight excluding hydrogens is 258 g/mol. The van der Waals surface area contributed by atoms with Crippen LogP contribution in [0.25, 0.3) is 6.08 Å². The number of rotatable bonds is 2. The Hall–Kier alpha value is -0.700. The monoisotopic (exact) mass is 264 g/mol. The number of ether oxygens (including phenoxy) is 1. The lowest BCUT2D eigenvalue weighted by Crippen LogP contribution is -1.93. The number of carbonyl (C=O) groups excluding carboxylic acids is 1. The van der Waals surface area contributed by atoms with Gasteiger partial charge in [-0.25, -0.2) is 4.79 Å². The first kappa shape index (κ1) is 12.4. The Bertz CT molecular complexity index is 413. The number of hydrogen-bond donors (Lipinski definition) is 0. The summed E-state index contributed by atoms with van der Waals surface area (Å²) in [5.41, 5.74) is 0.497. The molecule has 0 saturated heterocycles. The lowest BCUT2D eigenvalue weighted by atomic mass is 10.2. The molecule has 0 aliphatic rings. The topological polar surface area (TPSA) is 26.3 Å². The average molecular weight is 266 g/mol. The summed E-state index contributed by atoms with van der Waals surface area (Å²) in [6, 6.07) is 3.19. The molecule has 1 aromatic carbocycles. The summed E-state index contributed by atoms with van der Waals surface area (Å²) in [6.07, 6.45) is 2.69. The highest BCUT2D eigenvalue weighted by atomic mass is 35.5. The molecule has 0 heterocycles. The molecule has 0 unspecified atom stereocenters. The van der Waals surface area contributed by atoms with Crippen LogP contribution in [0.2, 0.25) is 15.1 Å². The maximum atomic E-state index is 10.9. The van der Waals surface area contributed by atoms with Gasteiger partial charge in [-0.05, 0) is 18.2 Å². The standard InChI is InChI=1S/C10H7Cl3O2/c1-15-9(14)5-2-6-7(11)3-4-8(12)10(6)13/h2-5H,1H3/b5-2+. The third-order valence-electron chi connectivity index (χ3n) is 1.67. The molecular formula is C10H7Cl3O2. The van der Waals surface area contributed by atoms with Crippen LogP contribution in [0.1, 0.15) is 5.56 Å². The van der Waals surface area contributed by atoms with E-state index in [1.165, 1.54) is 19.3 Å². The van der Waals surface area contributed by atoms with Crippen LogP contribution < -0.4 is 0 Å². The van der Waals surface area contributed by atoms with Gasteiger partial charge in [-0.1, -0.05) is 34.8 Å². The normalized spacial score (nSPS) is 10.7. The fourth-order valence-corrected chi connectivity index (χ4v) is 1.58. The van der Waals surface area contributed by atoms with Crippen LogP contribution in [-0.4, -0.2) is 13.1 Å². The smallest absolute Gasteiger partial charge is 0.330 e. The average Bonchev–Trinajstić information content (AvgIpc) is 2.23. The molecule has 0 atom stereocenters. The van der Waals surface area contributed by atoms with Crippen LogP contribution in [0, 0.1) is 0 Å². The van der Waals surface area contributed by atoms with E-state index < -0.39 is 5.97 Å². The van der Waals surface area contributed by atoms with Gasteiger partial charge < -0.3 is 4.74 Å². The number of carbonyl (C=O) groups is 1. The van der Waals surface area contributed by atoms with E-state index in [9.17, 15) is 4.79 Å². The summed E-state index contributed by atoms with van der Waals surface area (Å²) in [7, 11) is 1.29. The van der Waals surface area contributed by atoms with Crippen LogP contribution >= 0.6 is 34.8 Å². The van der Waals surface area contributed by atoms with E-state index in [2.05, 4.69) is 4.74 Å². The number of methoxy groups -OCH3 is 1. The Morgan fingerprint density at radius 1 is 1.27 bits per heavy atom. The summed E-state index contributed by atoms with van der Waals surface area (Å²) < 4.78 is 4.44. The van der Waals surface area contributed by atoms with E-state index in [-0.39, 0.29) is 0 Å². The van der Waals surface area contributed by atoms with Gasteiger partial charge >= 0.3 is 5.97 Å². The zero-order valence-corrected chi connectivity index (χ0v) is 10.0. The van der Waals surface area contributed by atoms with Crippen LogP contribution in [0.5, 0.6) is 0 Å². The van der Waals surface area contributed by atoms with Crippen molar-refractivity contribution in [2.24, 2.45) is 0 Å². The molecule has 1 rings (SSSR count). The second-order valence-electron chi connectivity index (χ2n) is 2.61. The van der Waals surface area contributed by atoms with Crippen molar-refractivity contribution in [2.45, 2.75) is 0 Å². The molecule has 0 aliphatic heterocycles. The Balaban J connectivity index is 3.09. The first-order valence-electron chi connectivity index (χ1n) is 3.95. The summed E-state index contributed by atoms with van der Waals surface area (Å²) in [5, 5.41) is 1.11. The highest BCUT2D eigenvalue weighted by Gasteiger charge is 2.07. The van der Waals surface area contributed by atoms with E-state index in [1.54, 1.807) is 12.1 Å². The molecule has 0 N–H and O–H groups in total. The van der Waals surface area contributed by atoms with Gasteiger partial charge in [0, 0.05) is 16.7 Å². The summed E-state index contributed by atoms with van der Waals surface area (Å²) in [4.78, 5) is 10.9. The molecule has 5 heteroatoms. The van der Waals surface area contributed by atoms with E-state index in [4.69, 9.17) is 34.8 Å². The van der Waals surface area contributed by atoms with Crippen LogP contribution in [-0.2, 0) is 9.53 Å². The molecule has 0 amide bonds. The minimum atomic E-state index is -0.484. The quantitative estimate of drug-likeness (QED) is 0.461. The van der Waals surface area contributed by atoms with Crippen molar-refractivity contribution in [2.75, 3.05) is 7.11 Å². The van der Waals surface area contributed by atoms with E-state index in [1.807, 2.05) is 0 Å². The minimum Gasteiger partial charge on any atom is -0.466 e. The molecule has 0 bridgehead atoms. The van der Waals surface area contributed by atoms with Gasteiger partial charge in [-0.3, -0.25) is 0 Å². The molecule has 0 radical (unpaired) electrons. The fourth-order valence-electron chi connectivity index (χ4n) is 0.915. The van der Waals surface area contributed by atoms with Gasteiger partial charge in [0.15, 0.2) is 0 Å². The summed E-state index contributed by atoms with van der Waals surface area (Å²) in [5.74, 6) is -0.484. The fraction of sp³-hybridized carbons (Fsp3) is 0.100. The van der Waals surface area contributed by atoms with Crippen LogP contribution in [0.3, 0.4) is 0 Å². The molecule has 15 heavy (non-hydrogen) atoms. The van der Waals surface area contributed by atoms with Gasteiger partial charge in [0.05, 0.1) is 17.2 Å². The minimum absolute atomic E-state index is 0.310. The molecule has 0 spiro atoms. The molecule has 2 nitrogen and oxygen atoms in total. The van der Waals surface area contributed by atoms with Crippen molar-refractivity contribution >= 4 is 46.8 Å². The van der Waals surface area contributed by atoms with E-state index in [0.717, 1.165) is 0 Å². The molecule has 1 aromatic rings. The molecule has 0 aliphatic carbocycles. The van der Waals surface area contributed by atoms with Crippen molar-refractivity contribution in [3.63, 3.8) is 0 Å². The van der Waals surface area contributed by atoms with Gasteiger partial charge in [0.25, 0.3) is 0 Å².